The highest BCUT2D eigenvalue weighted by molar-refractivity contribution is 7.99. The van der Waals surface area contributed by atoms with Crippen LogP contribution in [0.1, 0.15) is 26.3 Å². The maximum atomic E-state index is 13.6. The zero-order chi connectivity index (χ0) is 27.8. The van der Waals surface area contributed by atoms with E-state index in [1.807, 2.05) is 60.7 Å². The molecule has 204 valence electrons. The van der Waals surface area contributed by atoms with Gasteiger partial charge in [-0.2, -0.15) is 0 Å². The molecule has 0 aliphatic carbocycles. The Morgan fingerprint density at radius 3 is 1.90 bits per heavy atom. The number of rotatable bonds is 7. The number of benzene rings is 3. The summed E-state index contributed by atoms with van der Waals surface area (Å²) in [5, 5.41) is 21.6. The van der Waals surface area contributed by atoms with Gasteiger partial charge in [0.05, 0.1) is 44.4 Å². The maximum Gasteiger partial charge on any atom is 0.263 e. The lowest BCUT2D eigenvalue weighted by atomic mass is 9.97. The molecule has 5 rings (SSSR count). The van der Waals surface area contributed by atoms with Crippen LogP contribution < -0.4 is 0 Å². The van der Waals surface area contributed by atoms with Gasteiger partial charge in [-0.25, -0.2) is 0 Å². The minimum Gasteiger partial charge on any atom is -0.388 e. The molecule has 2 aliphatic rings. The molecular weight excluding hydrogens is 608 g/mol. The number of imide groups is 1. The monoisotopic (exact) mass is 627 g/mol. The van der Waals surface area contributed by atoms with Crippen molar-refractivity contribution in [1.29, 1.82) is 0 Å². The molecule has 0 bridgehead atoms. The number of nitrogens with zero attached hydrogens (tertiary/aromatic N) is 1. The van der Waals surface area contributed by atoms with E-state index in [1.165, 1.54) is 11.8 Å². The number of halogens is 4. The summed E-state index contributed by atoms with van der Waals surface area (Å²) in [4.78, 5) is 28.7. The average Bonchev–Trinajstić information content (AvgIpc) is 3.20. The molecule has 2 amide bonds. The molecule has 1 fully saturated rings. The van der Waals surface area contributed by atoms with Crippen LogP contribution in [0.15, 0.2) is 65.6 Å². The van der Waals surface area contributed by atoms with Crippen LogP contribution in [0.2, 0.25) is 20.1 Å². The molecule has 0 saturated carbocycles. The lowest BCUT2D eigenvalue weighted by Gasteiger charge is -2.45. The smallest absolute Gasteiger partial charge is 0.263 e. The van der Waals surface area contributed by atoms with E-state index in [2.05, 4.69) is 0 Å². The Morgan fingerprint density at radius 1 is 0.795 bits per heavy atom. The van der Waals surface area contributed by atoms with Gasteiger partial charge in [-0.15, -0.1) is 0 Å². The van der Waals surface area contributed by atoms with Gasteiger partial charge in [0, 0.05) is 4.90 Å². The third-order valence-electron chi connectivity index (χ3n) is 6.49. The number of fused-ring (bicyclic) bond motifs is 1. The third kappa shape index (κ3) is 5.43. The van der Waals surface area contributed by atoms with Gasteiger partial charge in [-0.3, -0.25) is 14.5 Å². The number of amides is 2. The standard InChI is InChI=1S/C27H21Cl4NO6S/c28-18-16-17(19(29)21(31)20(18)30)26(36)32(25(16)35)22-24(34)23(33)15(12-37-11-13-7-3-1-4-8-13)38-27(22)39-14-9-5-2-6-10-14/h1-10,15,22-24,27,33-34H,11-12H2/t15-,22-,23-,24-,27+/m1/s1. The number of carbonyl (C=O) groups excluding carboxylic acids is 2. The topological polar surface area (TPSA) is 96.3 Å². The quantitative estimate of drug-likeness (QED) is 0.196. The molecule has 12 heteroatoms. The van der Waals surface area contributed by atoms with E-state index in [0.29, 0.717) is 0 Å². The van der Waals surface area contributed by atoms with Gasteiger partial charge in [-0.05, 0) is 17.7 Å². The van der Waals surface area contributed by atoms with Gasteiger partial charge in [0.1, 0.15) is 29.8 Å². The summed E-state index contributed by atoms with van der Waals surface area (Å²) in [6, 6.07) is 17.2. The second-order valence-electron chi connectivity index (χ2n) is 8.93. The second-order valence-corrected chi connectivity index (χ2v) is 11.6. The number of hydrogen-bond donors (Lipinski definition) is 2. The van der Waals surface area contributed by atoms with E-state index >= 15 is 0 Å². The molecule has 0 unspecified atom stereocenters. The number of aliphatic hydroxyl groups is 2. The first-order chi connectivity index (χ1) is 18.7. The van der Waals surface area contributed by atoms with E-state index in [4.69, 9.17) is 55.9 Å². The van der Waals surface area contributed by atoms with Crippen molar-refractivity contribution in [2.24, 2.45) is 0 Å². The first kappa shape index (κ1) is 28.7. The Morgan fingerprint density at radius 2 is 1.33 bits per heavy atom. The highest BCUT2D eigenvalue weighted by Gasteiger charge is 2.54. The van der Waals surface area contributed by atoms with Crippen molar-refractivity contribution in [3.8, 4) is 0 Å². The Kier molecular flexibility index (Phi) is 8.78. The Bertz CT molecular complexity index is 1350. The van der Waals surface area contributed by atoms with Crippen molar-refractivity contribution in [3.05, 3.63) is 97.4 Å². The summed E-state index contributed by atoms with van der Waals surface area (Å²) in [6.07, 6.45) is -4.02. The fraction of sp³-hybridized carbons (Fsp3) is 0.259. The van der Waals surface area contributed by atoms with Gasteiger partial charge < -0.3 is 19.7 Å². The van der Waals surface area contributed by atoms with Crippen LogP contribution in [0.3, 0.4) is 0 Å². The number of thioether (sulfide) groups is 1. The predicted octanol–water partition coefficient (Wildman–Crippen LogP) is 5.72. The van der Waals surface area contributed by atoms with Crippen LogP contribution in [0.25, 0.3) is 0 Å². The van der Waals surface area contributed by atoms with Gasteiger partial charge in [0.2, 0.25) is 0 Å². The number of carbonyl (C=O) groups is 2. The molecule has 2 N–H and O–H groups in total. The first-order valence-corrected chi connectivity index (χ1v) is 14.2. The third-order valence-corrected chi connectivity index (χ3v) is 9.46. The molecule has 0 radical (unpaired) electrons. The number of aliphatic hydroxyl groups excluding tert-OH is 2. The van der Waals surface area contributed by atoms with Crippen LogP contribution in [0.5, 0.6) is 0 Å². The van der Waals surface area contributed by atoms with Crippen molar-refractivity contribution in [1.82, 2.24) is 4.90 Å². The summed E-state index contributed by atoms with van der Waals surface area (Å²) >= 11 is 26.1. The maximum absolute atomic E-state index is 13.6. The van der Waals surface area contributed by atoms with E-state index in [0.717, 1.165) is 15.4 Å². The number of hydrogen-bond acceptors (Lipinski definition) is 7. The molecule has 3 aromatic rings. The Balaban J connectivity index is 1.46. The highest BCUT2D eigenvalue weighted by Crippen LogP contribution is 2.47. The molecule has 3 aromatic carbocycles. The summed E-state index contributed by atoms with van der Waals surface area (Å²) in [7, 11) is 0. The van der Waals surface area contributed by atoms with E-state index in [-0.39, 0.29) is 44.4 Å². The number of ether oxygens (including phenoxy) is 2. The molecule has 39 heavy (non-hydrogen) atoms. The van der Waals surface area contributed by atoms with Gasteiger partial charge in [0.25, 0.3) is 11.8 Å². The molecule has 2 aliphatic heterocycles. The summed E-state index contributed by atoms with van der Waals surface area (Å²) in [5.74, 6) is -1.67. The van der Waals surface area contributed by atoms with Crippen molar-refractivity contribution in [3.63, 3.8) is 0 Å². The average molecular weight is 629 g/mol. The van der Waals surface area contributed by atoms with E-state index in [1.54, 1.807) is 0 Å². The SMILES string of the molecule is O=C1c2c(Cl)c(Cl)c(Cl)c(Cl)c2C(=O)N1[C@@H]1[C@@H](O)[C@H](O)[C@@H](COCc2ccccc2)O[C@H]1Sc1ccccc1. The summed E-state index contributed by atoms with van der Waals surface area (Å²) in [5.41, 5.74) is -0.505. The minimum absolute atomic E-state index is 0.0450. The van der Waals surface area contributed by atoms with Crippen LogP contribution in [0, 0.1) is 0 Å². The van der Waals surface area contributed by atoms with Crippen LogP contribution in [-0.2, 0) is 16.1 Å². The van der Waals surface area contributed by atoms with Crippen LogP contribution in [0.4, 0.5) is 0 Å². The zero-order valence-electron chi connectivity index (χ0n) is 20.0. The van der Waals surface area contributed by atoms with Crippen molar-refractivity contribution in [2.75, 3.05) is 6.61 Å². The lowest BCUT2D eigenvalue weighted by Crippen LogP contribution is -2.64. The van der Waals surface area contributed by atoms with Crippen LogP contribution in [-0.4, -0.2) is 63.3 Å². The summed E-state index contributed by atoms with van der Waals surface area (Å²) < 4.78 is 12.0. The molecule has 0 spiro atoms. The molecule has 7 nitrogen and oxygen atoms in total. The van der Waals surface area contributed by atoms with E-state index < -0.39 is 41.6 Å². The van der Waals surface area contributed by atoms with Crippen molar-refractivity contribution < 1.29 is 29.3 Å². The van der Waals surface area contributed by atoms with Gasteiger partial charge in [-0.1, -0.05) is 107 Å². The van der Waals surface area contributed by atoms with Crippen molar-refractivity contribution >= 4 is 70.0 Å². The lowest BCUT2D eigenvalue weighted by molar-refractivity contribution is -0.187. The fourth-order valence-electron chi connectivity index (χ4n) is 4.56. The Hall–Kier alpha value is -1.85. The van der Waals surface area contributed by atoms with Crippen LogP contribution >= 0.6 is 58.2 Å². The fourth-order valence-corrected chi connectivity index (χ4v) is 6.78. The summed E-state index contributed by atoms with van der Waals surface area (Å²) in [6.45, 7) is 0.219. The molecular formula is C27H21Cl4NO6S. The van der Waals surface area contributed by atoms with Crippen molar-refractivity contribution in [2.45, 2.75) is 41.3 Å². The largest absolute Gasteiger partial charge is 0.388 e. The highest BCUT2D eigenvalue weighted by atomic mass is 35.5. The molecule has 1 saturated heterocycles. The van der Waals surface area contributed by atoms with Gasteiger partial charge in [0.15, 0.2) is 0 Å². The second kappa shape index (κ2) is 11.9. The zero-order valence-corrected chi connectivity index (χ0v) is 23.8. The van der Waals surface area contributed by atoms with E-state index in [9.17, 15) is 19.8 Å². The minimum atomic E-state index is -1.59. The predicted molar refractivity (Wildman–Crippen MR) is 150 cm³/mol. The van der Waals surface area contributed by atoms with Gasteiger partial charge >= 0.3 is 0 Å². The molecule has 2 heterocycles. The normalized spacial score (nSPS) is 24.8. The molecule has 0 aromatic heterocycles. The Labute approximate surface area is 248 Å². The molecule has 5 atom stereocenters. The first-order valence-electron chi connectivity index (χ1n) is 11.8.